The van der Waals surface area contributed by atoms with Crippen molar-refractivity contribution < 1.29 is 5.11 Å². The van der Waals surface area contributed by atoms with E-state index in [0.717, 1.165) is 23.7 Å². The number of halogens is 1. The van der Waals surface area contributed by atoms with Gasteiger partial charge < -0.3 is 10.4 Å². The van der Waals surface area contributed by atoms with Crippen molar-refractivity contribution in [1.29, 1.82) is 0 Å². The summed E-state index contributed by atoms with van der Waals surface area (Å²) in [6, 6.07) is 0. The van der Waals surface area contributed by atoms with E-state index in [1.54, 1.807) is 6.20 Å². The predicted octanol–water partition coefficient (Wildman–Crippen LogP) is 1.88. The Morgan fingerprint density at radius 3 is 3.05 bits per heavy atom. The van der Waals surface area contributed by atoms with E-state index in [2.05, 4.69) is 43.6 Å². The summed E-state index contributed by atoms with van der Waals surface area (Å²) in [7, 11) is 0. The van der Waals surface area contributed by atoms with E-state index in [1.807, 2.05) is 0 Å². The van der Waals surface area contributed by atoms with Crippen LogP contribution in [0.15, 0.2) is 10.7 Å². The molecule has 1 fully saturated rings. The van der Waals surface area contributed by atoms with Crippen LogP contribution >= 0.6 is 15.9 Å². The van der Waals surface area contributed by atoms with Crippen molar-refractivity contribution in [3.05, 3.63) is 10.7 Å². The summed E-state index contributed by atoms with van der Waals surface area (Å²) in [4.78, 5) is 8.30. The van der Waals surface area contributed by atoms with Gasteiger partial charge in [-0.1, -0.05) is 19.8 Å². The molecule has 1 aliphatic carbocycles. The first-order valence-electron chi connectivity index (χ1n) is 6.47. The molecule has 1 aliphatic rings. The number of hydrogen-bond donors (Lipinski definition) is 4. The molecule has 106 valence electrons. The molecule has 2 atom stereocenters. The number of nitrogens with zero attached hydrogens (tertiary/aromatic N) is 2. The van der Waals surface area contributed by atoms with Gasteiger partial charge in [-0.05, 0) is 34.7 Å². The fraction of sp³-hybridized carbons (Fsp3) is 0.667. The van der Waals surface area contributed by atoms with E-state index in [-0.39, 0.29) is 12.1 Å². The third-order valence-corrected chi connectivity index (χ3v) is 4.23. The third kappa shape index (κ3) is 3.34. The quantitative estimate of drug-likeness (QED) is 0.497. The Morgan fingerprint density at radius 1 is 1.63 bits per heavy atom. The van der Waals surface area contributed by atoms with E-state index in [9.17, 15) is 5.11 Å². The topological polar surface area (TPSA) is 96.1 Å². The van der Waals surface area contributed by atoms with Gasteiger partial charge in [0.25, 0.3) is 0 Å². The van der Waals surface area contributed by atoms with Gasteiger partial charge >= 0.3 is 0 Å². The number of nitrogens with two attached hydrogens (primary N) is 1. The maximum atomic E-state index is 9.78. The number of rotatable bonds is 4. The van der Waals surface area contributed by atoms with Crippen LogP contribution in [-0.4, -0.2) is 27.2 Å². The zero-order valence-corrected chi connectivity index (χ0v) is 12.6. The van der Waals surface area contributed by atoms with Gasteiger partial charge in [0, 0.05) is 6.20 Å². The maximum absolute atomic E-state index is 9.78. The van der Waals surface area contributed by atoms with Crippen LogP contribution in [0.5, 0.6) is 0 Å². The number of hydrazine groups is 1. The van der Waals surface area contributed by atoms with Gasteiger partial charge in [-0.15, -0.1) is 0 Å². The molecule has 0 spiro atoms. The lowest BCUT2D eigenvalue weighted by Gasteiger charge is -2.40. The van der Waals surface area contributed by atoms with Crippen LogP contribution in [-0.2, 0) is 0 Å². The average molecular weight is 330 g/mol. The molecule has 7 heteroatoms. The van der Waals surface area contributed by atoms with Crippen LogP contribution in [0, 0.1) is 5.92 Å². The number of nitrogens with one attached hydrogen (secondary N) is 2. The molecule has 0 aliphatic heterocycles. The van der Waals surface area contributed by atoms with Gasteiger partial charge in [0.1, 0.15) is 5.82 Å². The Hall–Kier alpha value is -0.920. The van der Waals surface area contributed by atoms with E-state index >= 15 is 0 Å². The Kier molecular flexibility index (Phi) is 4.59. The fourth-order valence-electron chi connectivity index (χ4n) is 2.73. The second-order valence-corrected chi connectivity index (χ2v) is 6.15. The summed E-state index contributed by atoms with van der Waals surface area (Å²) in [5.74, 6) is 6.93. The molecule has 0 amide bonds. The molecule has 6 nitrogen and oxygen atoms in total. The van der Waals surface area contributed by atoms with Gasteiger partial charge in [0.15, 0.2) is 0 Å². The molecule has 1 aromatic rings. The van der Waals surface area contributed by atoms with Crippen LogP contribution < -0.4 is 16.6 Å². The lowest BCUT2D eigenvalue weighted by atomic mass is 9.77. The normalized spacial score (nSPS) is 27.1. The van der Waals surface area contributed by atoms with Crippen molar-refractivity contribution in [3.8, 4) is 0 Å². The van der Waals surface area contributed by atoms with E-state index < -0.39 is 0 Å². The van der Waals surface area contributed by atoms with Gasteiger partial charge in [0.2, 0.25) is 5.95 Å². The highest BCUT2D eigenvalue weighted by atomic mass is 79.9. The summed E-state index contributed by atoms with van der Waals surface area (Å²) in [5, 5.41) is 13.2. The lowest BCUT2D eigenvalue weighted by molar-refractivity contribution is 0.149. The summed E-state index contributed by atoms with van der Waals surface area (Å²) >= 11 is 3.42. The number of hydrogen-bond acceptors (Lipinski definition) is 6. The molecule has 5 N–H and O–H groups in total. The molecule has 0 saturated heterocycles. The highest BCUT2D eigenvalue weighted by Gasteiger charge is 2.35. The minimum Gasteiger partial charge on any atom is -0.394 e. The van der Waals surface area contributed by atoms with Crippen LogP contribution in [0.2, 0.25) is 0 Å². The second-order valence-electron chi connectivity index (χ2n) is 5.30. The fourth-order valence-corrected chi connectivity index (χ4v) is 3.02. The summed E-state index contributed by atoms with van der Waals surface area (Å²) in [6.45, 7) is 2.31. The van der Waals surface area contributed by atoms with Gasteiger partial charge in [-0.2, -0.15) is 4.98 Å². The van der Waals surface area contributed by atoms with Crippen LogP contribution in [0.4, 0.5) is 11.8 Å². The molecule has 0 radical (unpaired) electrons. The third-order valence-electron chi connectivity index (χ3n) is 3.65. The van der Waals surface area contributed by atoms with Crippen LogP contribution in [0.1, 0.15) is 32.6 Å². The number of anilines is 2. The first-order valence-corrected chi connectivity index (χ1v) is 7.26. The maximum Gasteiger partial charge on any atom is 0.239 e. The largest absolute Gasteiger partial charge is 0.394 e. The molecule has 1 aromatic heterocycles. The van der Waals surface area contributed by atoms with Crippen molar-refractivity contribution in [2.45, 2.75) is 38.1 Å². The monoisotopic (exact) mass is 329 g/mol. The standard InChI is InChI=1S/C12H20BrN5O/c1-8-3-2-4-12(5-8,7-19)17-10-9(13)6-15-11(16-10)18-14/h6,8,19H,2-5,7,14H2,1H3,(H2,15,16,17,18). The van der Waals surface area contributed by atoms with Crippen molar-refractivity contribution in [3.63, 3.8) is 0 Å². The molecular formula is C12H20BrN5O. The van der Waals surface area contributed by atoms with E-state index in [0.29, 0.717) is 17.7 Å². The Balaban J connectivity index is 2.22. The number of aliphatic hydroxyl groups is 1. The molecule has 19 heavy (non-hydrogen) atoms. The summed E-state index contributed by atoms with van der Waals surface area (Å²) < 4.78 is 0.762. The number of aromatic nitrogens is 2. The first kappa shape index (κ1) is 14.5. The van der Waals surface area contributed by atoms with Gasteiger partial charge in [0.05, 0.1) is 16.6 Å². The lowest BCUT2D eigenvalue weighted by Crippen LogP contribution is -2.46. The van der Waals surface area contributed by atoms with Crippen molar-refractivity contribution in [1.82, 2.24) is 9.97 Å². The van der Waals surface area contributed by atoms with Crippen molar-refractivity contribution >= 4 is 27.7 Å². The molecule has 1 saturated carbocycles. The molecule has 0 bridgehead atoms. The minimum absolute atomic E-state index is 0.0964. The number of nitrogen functional groups attached to an aromatic ring is 1. The summed E-state index contributed by atoms with van der Waals surface area (Å²) in [6.07, 6.45) is 5.84. The smallest absolute Gasteiger partial charge is 0.239 e. The predicted molar refractivity (Wildman–Crippen MR) is 78.6 cm³/mol. The first-order chi connectivity index (χ1) is 9.08. The average Bonchev–Trinajstić information content (AvgIpc) is 2.41. The zero-order chi connectivity index (χ0) is 13.9. The Labute approximate surface area is 121 Å². The summed E-state index contributed by atoms with van der Waals surface area (Å²) in [5.41, 5.74) is 2.12. The Morgan fingerprint density at radius 2 is 2.42 bits per heavy atom. The number of aliphatic hydroxyl groups excluding tert-OH is 1. The minimum atomic E-state index is -0.305. The van der Waals surface area contributed by atoms with Crippen molar-refractivity contribution in [2.75, 3.05) is 17.3 Å². The van der Waals surface area contributed by atoms with Gasteiger partial charge in [-0.3, -0.25) is 5.43 Å². The molecule has 1 heterocycles. The van der Waals surface area contributed by atoms with Gasteiger partial charge in [-0.25, -0.2) is 10.8 Å². The molecule has 2 unspecified atom stereocenters. The highest BCUT2D eigenvalue weighted by molar-refractivity contribution is 9.10. The van der Waals surface area contributed by atoms with Crippen LogP contribution in [0.3, 0.4) is 0 Å². The highest BCUT2D eigenvalue weighted by Crippen LogP contribution is 2.35. The molecular weight excluding hydrogens is 310 g/mol. The van der Waals surface area contributed by atoms with E-state index in [1.165, 1.54) is 6.42 Å². The van der Waals surface area contributed by atoms with Crippen LogP contribution in [0.25, 0.3) is 0 Å². The van der Waals surface area contributed by atoms with E-state index in [4.69, 9.17) is 5.84 Å². The Bertz CT molecular complexity index is 444. The zero-order valence-electron chi connectivity index (χ0n) is 11.0. The second kappa shape index (κ2) is 6.02. The van der Waals surface area contributed by atoms with Crippen molar-refractivity contribution in [2.24, 2.45) is 11.8 Å². The molecule has 0 aromatic carbocycles. The SMILES string of the molecule is CC1CCCC(CO)(Nc2nc(NN)ncc2Br)C1. The molecule has 2 rings (SSSR count).